The highest BCUT2D eigenvalue weighted by molar-refractivity contribution is 8.00. The number of fused-ring (bicyclic) bond motifs is 1. The van der Waals surface area contributed by atoms with Gasteiger partial charge in [-0.05, 0) is 29.3 Å². The Bertz CT molecular complexity index is 551. The van der Waals surface area contributed by atoms with Gasteiger partial charge in [0, 0.05) is 10.1 Å². The van der Waals surface area contributed by atoms with Crippen LogP contribution in [-0.4, -0.2) is 16.3 Å². The molecule has 0 aromatic heterocycles. The lowest BCUT2D eigenvalue weighted by Gasteiger charge is -2.12. The zero-order valence-electron chi connectivity index (χ0n) is 10.3. The molecule has 94 valence electrons. The lowest BCUT2D eigenvalue weighted by molar-refractivity contribution is -0.136. The van der Waals surface area contributed by atoms with Gasteiger partial charge in [-0.1, -0.05) is 37.3 Å². The Morgan fingerprint density at radius 1 is 1.22 bits per heavy atom. The van der Waals surface area contributed by atoms with E-state index in [-0.39, 0.29) is 11.7 Å². The van der Waals surface area contributed by atoms with Gasteiger partial charge in [-0.15, -0.1) is 11.8 Å². The van der Waals surface area contributed by atoms with Crippen LogP contribution >= 0.6 is 11.8 Å². The van der Waals surface area contributed by atoms with E-state index in [1.807, 2.05) is 19.1 Å². The van der Waals surface area contributed by atoms with Gasteiger partial charge in [-0.3, -0.25) is 4.79 Å². The third-order valence-electron chi connectivity index (χ3n) is 2.88. The zero-order valence-corrected chi connectivity index (χ0v) is 11.1. The van der Waals surface area contributed by atoms with Gasteiger partial charge in [-0.25, -0.2) is 0 Å². The molecule has 0 aliphatic rings. The average Bonchev–Trinajstić information content (AvgIpc) is 2.37. The van der Waals surface area contributed by atoms with E-state index >= 15 is 0 Å². The first-order valence-corrected chi connectivity index (χ1v) is 6.94. The standard InChI is InChI=1S/C15H16O2S/c1-2-13(10-15(16)17)18-14-8-7-11-5-3-4-6-12(11)9-14/h3-9,13H,2,10H2,1H3,(H,16,17). The van der Waals surface area contributed by atoms with Crippen molar-refractivity contribution in [2.24, 2.45) is 0 Å². The van der Waals surface area contributed by atoms with Crippen molar-refractivity contribution in [2.45, 2.75) is 29.9 Å². The van der Waals surface area contributed by atoms with Crippen LogP contribution in [0.5, 0.6) is 0 Å². The van der Waals surface area contributed by atoms with Gasteiger partial charge >= 0.3 is 5.97 Å². The normalized spacial score (nSPS) is 12.5. The van der Waals surface area contributed by atoms with Crippen molar-refractivity contribution < 1.29 is 9.90 Å². The number of hydrogen-bond acceptors (Lipinski definition) is 2. The lowest BCUT2D eigenvalue weighted by Crippen LogP contribution is -2.08. The van der Waals surface area contributed by atoms with Crippen LogP contribution in [0.3, 0.4) is 0 Å². The van der Waals surface area contributed by atoms with Crippen molar-refractivity contribution in [1.29, 1.82) is 0 Å². The van der Waals surface area contributed by atoms with Crippen molar-refractivity contribution in [3.8, 4) is 0 Å². The summed E-state index contributed by atoms with van der Waals surface area (Å²) in [6.45, 7) is 2.03. The minimum Gasteiger partial charge on any atom is -0.481 e. The second-order valence-corrected chi connectivity index (χ2v) is 5.63. The first-order valence-electron chi connectivity index (χ1n) is 6.06. The van der Waals surface area contributed by atoms with E-state index in [9.17, 15) is 4.79 Å². The highest BCUT2D eigenvalue weighted by atomic mass is 32.2. The Morgan fingerprint density at radius 3 is 2.61 bits per heavy atom. The number of hydrogen-bond donors (Lipinski definition) is 1. The lowest BCUT2D eigenvalue weighted by atomic mass is 10.1. The Kier molecular flexibility index (Phi) is 4.26. The van der Waals surface area contributed by atoms with Crippen LogP contribution in [0.2, 0.25) is 0 Å². The number of thioether (sulfide) groups is 1. The number of aliphatic carboxylic acids is 1. The molecule has 0 aliphatic heterocycles. The molecule has 2 aromatic rings. The van der Waals surface area contributed by atoms with Crippen LogP contribution in [0.25, 0.3) is 10.8 Å². The maximum atomic E-state index is 10.8. The highest BCUT2D eigenvalue weighted by Gasteiger charge is 2.12. The molecule has 1 N–H and O–H groups in total. The fourth-order valence-corrected chi connectivity index (χ4v) is 3.02. The quantitative estimate of drug-likeness (QED) is 0.819. The number of rotatable bonds is 5. The van der Waals surface area contributed by atoms with E-state index in [0.717, 1.165) is 11.3 Å². The molecule has 3 heteroatoms. The van der Waals surface area contributed by atoms with Crippen LogP contribution < -0.4 is 0 Å². The van der Waals surface area contributed by atoms with E-state index in [1.165, 1.54) is 10.8 Å². The van der Waals surface area contributed by atoms with E-state index in [2.05, 4.69) is 30.3 Å². The molecule has 0 amide bonds. The van der Waals surface area contributed by atoms with E-state index in [1.54, 1.807) is 11.8 Å². The van der Waals surface area contributed by atoms with Crippen LogP contribution in [0.15, 0.2) is 47.4 Å². The summed E-state index contributed by atoms with van der Waals surface area (Å²) in [5.41, 5.74) is 0. The molecule has 0 saturated heterocycles. The van der Waals surface area contributed by atoms with Gasteiger partial charge in [0.2, 0.25) is 0 Å². The van der Waals surface area contributed by atoms with Crippen LogP contribution in [0, 0.1) is 0 Å². The SMILES string of the molecule is CCC(CC(=O)O)Sc1ccc2ccccc2c1. The van der Waals surface area contributed by atoms with Crippen molar-refractivity contribution in [2.75, 3.05) is 0 Å². The molecule has 1 atom stereocenters. The summed E-state index contributed by atoms with van der Waals surface area (Å²) in [7, 11) is 0. The zero-order chi connectivity index (χ0) is 13.0. The van der Waals surface area contributed by atoms with E-state index in [0.29, 0.717) is 0 Å². The van der Waals surface area contributed by atoms with Gasteiger partial charge < -0.3 is 5.11 Å². The summed E-state index contributed by atoms with van der Waals surface area (Å²) in [6, 6.07) is 14.5. The molecule has 0 bridgehead atoms. The first-order chi connectivity index (χ1) is 8.69. The third-order valence-corrected chi connectivity index (χ3v) is 4.24. The van der Waals surface area contributed by atoms with E-state index < -0.39 is 5.97 Å². The molecule has 0 spiro atoms. The second-order valence-electron chi connectivity index (χ2n) is 4.25. The van der Waals surface area contributed by atoms with Gasteiger partial charge in [-0.2, -0.15) is 0 Å². The Balaban J connectivity index is 2.17. The predicted molar refractivity (Wildman–Crippen MR) is 76.1 cm³/mol. The topological polar surface area (TPSA) is 37.3 Å². The van der Waals surface area contributed by atoms with Gasteiger partial charge in [0.05, 0.1) is 6.42 Å². The summed E-state index contributed by atoms with van der Waals surface area (Å²) in [5, 5.41) is 11.4. The number of benzene rings is 2. The Morgan fingerprint density at radius 2 is 1.94 bits per heavy atom. The molecule has 0 aliphatic carbocycles. The highest BCUT2D eigenvalue weighted by Crippen LogP contribution is 2.30. The summed E-state index contributed by atoms with van der Waals surface area (Å²) < 4.78 is 0. The second kappa shape index (κ2) is 5.91. The number of carboxylic acid groups (broad SMARTS) is 1. The van der Waals surface area contributed by atoms with Crippen LogP contribution in [-0.2, 0) is 4.79 Å². The molecule has 0 saturated carbocycles. The third kappa shape index (κ3) is 3.26. The number of carbonyl (C=O) groups is 1. The van der Waals surface area contributed by atoms with Gasteiger partial charge in [0.1, 0.15) is 0 Å². The molecule has 2 aromatic carbocycles. The summed E-state index contributed by atoms with van der Waals surface area (Å²) in [5.74, 6) is -0.727. The Labute approximate surface area is 111 Å². The van der Waals surface area contributed by atoms with E-state index in [4.69, 9.17) is 5.11 Å². The van der Waals surface area contributed by atoms with Crippen molar-refractivity contribution in [1.82, 2.24) is 0 Å². The van der Waals surface area contributed by atoms with Crippen LogP contribution in [0.4, 0.5) is 0 Å². The summed E-state index contributed by atoms with van der Waals surface area (Å²) >= 11 is 1.65. The molecule has 2 rings (SSSR count). The van der Waals surface area contributed by atoms with Gasteiger partial charge in [0.25, 0.3) is 0 Å². The predicted octanol–water partition coefficient (Wildman–Crippen LogP) is 4.19. The summed E-state index contributed by atoms with van der Waals surface area (Å²) in [4.78, 5) is 11.9. The molecule has 2 nitrogen and oxygen atoms in total. The fourth-order valence-electron chi connectivity index (χ4n) is 1.90. The minimum absolute atomic E-state index is 0.142. The van der Waals surface area contributed by atoms with Gasteiger partial charge in [0.15, 0.2) is 0 Å². The maximum absolute atomic E-state index is 10.8. The Hall–Kier alpha value is -1.48. The fraction of sp³-hybridized carbons (Fsp3) is 0.267. The largest absolute Gasteiger partial charge is 0.481 e. The molecule has 0 heterocycles. The molecular weight excluding hydrogens is 244 g/mol. The molecule has 1 unspecified atom stereocenters. The molecule has 0 radical (unpaired) electrons. The first kappa shape index (κ1) is 13.0. The van der Waals surface area contributed by atoms with Crippen molar-refractivity contribution in [3.63, 3.8) is 0 Å². The van der Waals surface area contributed by atoms with Crippen LogP contribution in [0.1, 0.15) is 19.8 Å². The minimum atomic E-state index is -0.727. The molecule has 0 fully saturated rings. The monoisotopic (exact) mass is 260 g/mol. The smallest absolute Gasteiger partial charge is 0.304 e. The van der Waals surface area contributed by atoms with Crippen molar-refractivity contribution >= 4 is 28.5 Å². The molecular formula is C15H16O2S. The average molecular weight is 260 g/mol. The maximum Gasteiger partial charge on any atom is 0.304 e. The van der Waals surface area contributed by atoms with Crippen molar-refractivity contribution in [3.05, 3.63) is 42.5 Å². The molecule has 18 heavy (non-hydrogen) atoms. The summed E-state index contributed by atoms with van der Waals surface area (Å²) in [6.07, 6.45) is 1.08. The number of carboxylic acids is 1.